The molecule has 1 fully saturated rings. The summed E-state index contributed by atoms with van der Waals surface area (Å²) in [6.07, 6.45) is 2.39. The summed E-state index contributed by atoms with van der Waals surface area (Å²) in [5.41, 5.74) is 1.67. The standard InChI is InChI=1S/C19H27N3O3/c1-13(2)17-12-18(25-21-17)19(23)20-14-4-6-15(7-5-14)24-16-8-10-22(3)11-9-16/h4-7,13,16,18H,8-12H2,1-3H3,(H,20,23). The number of nitrogens with zero attached hydrogens (tertiary/aromatic N) is 2. The van der Waals surface area contributed by atoms with Crippen molar-refractivity contribution >= 4 is 17.3 Å². The Hall–Kier alpha value is -2.08. The SMILES string of the molecule is CC(C)C1=NOC(C(=O)Nc2ccc(OC3CCN(C)CC3)cc2)C1. The molecule has 0 radical (unpaired) electrons. The van der Waals surface area contributed by atoms with E-state index in [9.17, 15) is 4.79 Å². The summed E-state index contributed by atoms with van der Waals surface area (Å²) in [4.78, 5) is 19.8. The van der Waals surface area contributed by atoms with Gasteiger partial charge >= 0.3 is 0 Å². The molecule has 0 bridgehead atoms. The molecule has 0 spiro atoms. The molecule has 2 heterocycles. The Labute approximate surface area is 149 Å². The third-order valence-corrected chi connectivity index (χ3v) is 4.74. The molecule has 0 aliphatic carbocycles. The van der Waals surface area contributed by atoms with Crippen molar-refractivity contribution in [2.45, 2.75) is 45.3 Å². The van der Waals surface area contributed by atoms with Crippen molar-refractivity contribution in [3.63, 3.8) is 0 Å². The van der Waals surface area contributed by atoms with Crippen molar-refractivity contribution in [3.8, 4) is 5.75 Å². The van der Waals surface area contributed by atoms with Gasteiger partial charge in [0.2, 0.25) is 6.10 Å². The summed E-state index contributed by atoms with van der Waals surface area (Å²) in [6.45, 7) is 6.23. The number of hydrogen-bond acceptors (Lipinski definition) is 5. The Bertz CT molecular complexity index is 619. The Kier molecular flexibility index (Phi) is 5.58. The molecule has 1 atom stereocenters. The zero-order valence-electron chi connectivity index (χ0n) is 15.2. The molecular weight excluding hydrogens is 318 g/mol. The van der Waals surface area contributed by atoms with Crippen molar-refractivity contribution < 1.29 is 14.4 Å². The van der Waals surface area contributed by atoms with Crippen molar-refractivity contribution in [2.24, 2.45) is 11.1 Å². The van der Waals surface area contributed by atoms with E-state index in [0.29, 0.717) is 12.3 Å². The summed E-state index contributed by atoms with van der Waals surface area (Å²) >= 11 is 0. The zero-order chi connectivity index (χ0) is 17.8. The molecule has 1 aromatic carbocycles. The van der Waals surface area contributed by atoms with Crippen LogP contribution < -0.4 is 10.1 Å². The lowest BCUT2D eigenvalue weighted by Gasteiger charge is -2.29. The normalized spacial score (nSPS) is 21.8. The zero-order valence-corrected chi connectivity index (χ0v) is 15.2. The topological polar surface area (TPSA) is 63.2 Å². The number of hydrogen-bond donors (Lipinski definition) is 1. The molecule has 6 heteroatoms. The molecule has 2 aliphatic rings. The number of carbonyl (C=O) groups is 1. The maximum absolute atomic E-state index is 12.3. The van der Waals surface area contributed by atoms with Crippen molar-refractivity contribution in [1.29, 1.82) is 0 Å². The molecule has 6 nitrogen and oxygen atoms in total. The maximum atomic E-state index is 12.3. The molecule has 3 rings (SSSR count). The highest BCUT2D eigenvalue weighted by molar-refractivity contribution is 5.99. The number of likely N-dealkylation sites (tertiary alicyclic amines) is 1. The van der Waals surface area contributed by atoms with Crippen LogP contribution in [0.3, 0.4) is 0 Å². The van der Waals surface area contributed by atoms with Gasteiger partial charge in [0, 0.05) is 25.2 Å². The van der Waals surface area contributed by atoms with E-state index in [1.54, 1.807) is 0 Å². The number of nitrogens with one attached hydrogen (secondary N) is 1. The van der Waals surface area contributed by atoms with Gasteiger partial charge in [-0.1, -0.05) is 19.0 Å². The number of amides is 1. The van der Waals surface area contributed by atoms with Gasteiger partial charge in [0.05, 0.1) is 5.71 Å². The number of piperidine rings is 1. The van der Waals surface area contributed by atoms with Gasteiger partial charge in [0.15, 0.2) is 0 Å². The van der Waals surface area contributed by atoms with E-state index >= 15 is 0 Å². The van der Waals surface area contributed by atoms with Crippen LogP contribution in [0, 0.1) is 5.92 Å². The van der Waals surface area contributed by atoms with Gasteiger partial charge in [-0.3, -0.25) is 4.79 Å². The monoisotopic (exact) mass is 345 g/mol. The van der Waals surface area contributed by atoms with Gasteiger partial charge in [-0.2, -0.15) is 0 Å². The third-order valence-electron chi connectivity index (χ3n) is 4.74. The van der Waals surface area contributed by atoms with E-state index < -0.39 is 6.10 Å². The number of anilines is 1. The van der Waals surface area contributed by atoms with Gasteiger partial charge in [-0.05, 0) is 50.1 Å². The van der Waals surface area contributed by atoms with Gasteiger partial charge in [0.25, 0.3) is 5.91 Å². The smallest absolute Gasteiger partial charge is 0.268 e. The van der Waals surface area contributed by atoms with E-state index in [1.165, 1.54) is 0 Å². The molecule has 0 aromatic heterocycles. The average molecular weight is 345 g/mol. The first-order valence-electron chi connectivity index (χ1n) is 9.00. The fraction of sp³-hybridized carbons (Fsp3) is 0.579. The van der Waals surface area contributed by atoms with E-state index in [2.05, 4.69) is 22.4 Å². The minimum Gasteiger partial charge on any atom is -0.490 e. The lowest BCUT2D eigenvalue weighted by molar-refractivity contribution is -0.125. The Morgan fingerprint density at radius 2 is 1.96 bits per heavy atom. The van der Waals surface area contributed by atoms with Crippen LogP contribution >= 0.6 is 0 Å². The van der Waals surface area contributed by atoms with Crippen LogP contribution in [0.25, 0.3) is 0 Å². The Balaban J connectivity index is 1.48. The quantitative estimate of drug-likeness (QED) is 0.891. The molecule has 136 valence electrons. The maximum Gasteiger partial charge on any atom is 0.268 e. The Morgan fingerprint density at radius 1 is 1.28 bits per heavy atom. The van der Waals surface area contributed by atoms with Crippen molar-refractivity contribution in [2.75, 3.05) is 25.5 Å². The largest absolute Gasteiger partial charge is 0.490 e. The Morgan fingerprint density at radius 3 is 2.56 bits per heavy atom. The third kappa shape index (κ3) is 4.72. The van der Waals surface area contributed by atoms with Crippen LogP contribution in [0.2, 0.25) is 0 Å². The summed E-state index contributed by atoms with van der Waals surface area (Å²) in [5, 5.41) is 6.88. The van der Waals surface area contributed by atoms with Crippen LogP contribution in [0.5, 0.6) is 5.75 Å². The van der Waals surface area contributed by atoms with Crippen LogP contribution in [0.15, 0.2) is 29.4 Å². The molecule has 0 saturated carbocycles. The first-order valence-corrected chi connectivity index (χ1v) is 9.00. The molecule has 1 N–H and O–H groups in total. The van der Waals surface area contributed by atoms with Crippen molar-refractivity contribution in [3.05, 3.63) is 24.3 Å². The van der Waals surface area contributed by atoms with Gasteiger partial charge < -0.3 is 19.8 Å². The molecule has 1 saturated heterocycles. The lowest BCUT2D eigenvalue weighted by atomic mass is 10.0. The predicted molar refractivity (Wildman–Crippen MR) is 98.0 cm³/mol. The lowest BCUT2D eigenvalue weighted by Crippen LogP contribution is -2.35. The first kappa shape index (κ1) is 17.7. The fourth-order valence-corrected chi connectivity index (χ4v) is 3.01. The second-order valence-electron chi connectivity index (χ2n) is 7.17. The van der Waals surface area contributed by atoms with Crippen LogP contribution in [0.4, 0.5) is 5.69 Å². The number of carbonyl (C=O) groups excluding carboxylic acids is 1. The predicted octanol–water partition coefficient (Wildman–Crippen LogP) is 2.90. The second-order valence-corrected chi connectivity index (χ2v) is 7.17. The number of rotatable bonds is 5. The minimum absolute atomic E-state index is 0.164. The second kappa shape index (κ2) is 7.87. The molecule has 1 aromatic rings. The first-order chi connectivity index (χ1) is 12.0. The van der Waals surface area contributed by atoms with E-state index in [1.807, 2.05) is 38.1 Å². The highest BCUT2D eigenvalue weighted by Gasteiger charge is 2.29. The molecule has 1 unspecified atom stereocenters. The van der Waals surface area contributed by atoms with Gasteiger partial charge in [-0.25, -0.2) is 0 Å². The minimum atomic E-state index is -0.535. The van der Waals surface area contributed by atoms with Crippen molar-refractivity contribution in [1.82, 2.24) is 4.90 Å². The summed E-state index contributed by atoms with van der Waals surface area (Å²) in [5.74, 6) is 0.979. The highest BCUT2D eigenvalue weighted by atomic mass is 16.6. The highest BCUT2D eigenvalue weighted by Crippen LogP contribution is 2.22. The van der Waals surface area contributed by atoms with E-state index in [0.717, 1.165) is 43.1 Å². The molecule has 1 amide bonds. The average Bonchev–Trinajstić information content (AvgIpc) is 3.09. The molecule has 2 aliphatic heterocycles. The molecular formula is C19H27N3O3. The van der Waals surface area contributed by atoms with Crippen LogP contribution in [-0.4, -0.2) is 48.9 Å². The van der Waals surface area contributed by atoms with Gasteiger partial charge in [0.1, 0.15) is 11.9 Å². The van der Waals surface area contributed by atoms with E-state index in [4.69, 9.17) is 9.57 Å². The van der Waals surface area contributed by atoms with Crippen LogP contribution in [0.1, 0.15) is 33.1 Å². The summed E-state index contributed by atoms with van der Waals surface area (Å²) in [6, 6.07) is 7.53. The van der Waals surface area contributed by atoms with Gasteiger partial charge in [-0.15, -0.1) is 0 Å². The fourth-order valence-electron chi connectivity index (χ4n) is 3.01. The van der Waals surface area contributed by atoms with E-state index in [-0.39, 0.29) is 12.0 Å². The number of ether oxygens (including phenoxy) is 1. The number of benzene rings is 1. The molecule has 25 heavy (non-hydrogen) atoms. The summed E-state index contributed by atoms with van der Waals surface area (Å²) in [7, 11) is 2.14. The summed E-state index contributed by atoms with van der Waals surface area (Å²) < 4.78 is 6.02. The van der Waals surface area contributed by atoms with Crippen LogP contribution in [-0.2, 0) is 9.63 Å². The number of oxime groups is 1.